The van der Waals surface area contributed by atoms with Crippen LogP contribution in [0.1, 0.15) is 5.56 Å². The maximum Gasteiger partial charge on any atom is 0.568 e. The van der Waals surface area contributed by atoms with Crippen molar-refractivity contribution in [1.82, 2.24) is 0 Å². The summed E-state index contributed by atoms with van der Waals surface area (Å²) >= 11 is 0. The summed E-state index contributed by atoms with van der Waals surface area (Å²) in [5.41, 5.74) is 0.469. The topological polar surface area (TPSA) is 18.5 Å². The van der Waals surface area contributed by atoms with Gasteiger partial charge in [0, 0.05) is 0 Å². The van der Waals surface area contributed by atoms with Crippen molar-refractivity contribution in [2.24, 2.45) is 0 Å². The first-order valence-corrected chi connectivity index (χ1v) is 3.49. The third kappa shape index (κ3) is 2.47. The SMILES string of the molecule is Cc1cc(F)cc(B(OF)OF)c1. The van der Waals surface area contributed by atoms with Crippen LogP contribution >= 0.6 is 0 Å². The Labute approximate surface area is 73.2 Å². The fourth-order valence-corrected chi connectivity index (χ4v) is 1.02. The summed E-state index contributed by atoms with van der Waals surface area (Å²) in [7, 11) is -1.82. The maximum atomic E-state index is 12.7. The first kappa shape index (κ1) is 10.1. The molecule has 0 heterocycles. The number of hydrogen-bond donors (Lipinski definition) is 0. The molecule has 1 rings (SSSR count). The summed E-state index contributed by atoms with van der Waals surface area (Å²) in [6, 6.07) is 3.50. The van der Waals surface area contributed by atoms with E-state index in [1.807, 2.05) is 0 Å². The molecule has 0 fully saturated rings. The van der Waals surface area contributed by atoms with Crippen molar-refractivity contribution in [3.8, 4) is 0 Å². The lowest BCUT2D eigenvalue weighted by Gasteiger charge is -2.03. The van der Waals surface area contributed by atoms with Crippen molar-refractivity contribution < 1.29 is 23.2 Å². The highest BCUT2D eigenvalue weighted by molar-refractivity contribution is 6.60. The van der Waals surface area contributed by atoms with Crippen molar-refractivity contribution in [2.75, 3.05) is 0 Å². The summed E-state index contributed by atoms with van der Waals surface area (Å²) in [5, 5.41) is 0. The quantitative estimate of drug-likeness (QED) is 0.674. The standard InChI is InChI=1S/C7H6BF3O2/c1-5-2-6(4-7(9)3-5)8(12-10)13-11/h2-4H,1H3. The number of benzene rings is 1. The highest BCUT2D eigenvalue weighted by atomic mass is 19.3. The second kappa shape index (κ2) is 4.29. The van der Waals surface area contributed by atoms with Gasteiger partial charge in [0.2, 0.25) is 0 Å². The summed E-state index contributed by atoms with van der Waals surface area (Å²) < 4.78 is 35.9. The molecule has 0 spiro atoms. The Morgan fingerprint density at radius 1 is 1.15 bits per heavy atom. The number of halogens is 3. The zero-order valence-corrected chi connectivity index (χ0v) is 6.76. The number of rotatable bonds is 3. The Morgan fingerprint density at radius 2 is 1.77 bits per heavy atom. The predicted octanol–water partition coefficient (Wildman–Crippen LogP) is 1.63. The molecule has 1 aromatic carbocycles. The molecule has 0 N–H and O–H groups in total. The molecule has 1 aromatic rings. The van der Waals surface area contributed by atoms with Gasteiger partial charge < -0.3 is 0 Å². The van der Waals surface area contributed by atoms with Gasteiger partial charge in [0.15, 0.2) is 0 Å². The molecule has 0 aromatic heterocycles. The van der Waals surface area contributed by atoms with Crippen LogP contribution < -0.4 is 5.46 Å². The van der Waals surface area contributed by atoms with Crippen molar-refractivity contribution in [2.45, 2.75) is 6.92 Å². The highest BCUT2D eigenvalue weighted by Gasteiger charge is 2.24. The van der Waals surface area contributed by atoms with Gasteiger partial charge in [0.05, 0.1) is 0 Å². The van der Waals surface area contributed by atoms with E-state index in [2.05, 4.69) is 9.72 Å². The first-order valence-electron chi connectivity index (χ1n) is 3.49. The Bertz CT molecular complexity index is 271. The van der Waals surface area contributed by atoms with E-state index in [-0.39, 0.29) is 5.46 Å². The zero-order chi connectivity index (χ0) is 9.84. The fraction of sp³-hybridized carbons (Fsp3) is 0.143. The van der Waals surface area contributed by atoms with Crippen LogP contribution in [0.15, 0.2) is 18.2 Å². The molecule has 2 nitrogen and oxygen atoms in total. The van der Waals surface area contributed by atoms with E-state index in [4.69, 9.17) is 0 Å². The molecular formula is C7H6BF3O2. The first-order chi connectivity index (χ1) is 6.17. The lowest BCUT2D eigenvalue weighted by atomic mass is 9.79. The van der Waals surface area contributed by atoms with E-state index in [1.54, 1.807) is 6.92 Å². The average Bonchev–Trinajstić information content (AvgIpc) is 2.04. The summed E-state index contributed by atoms with van der Waals surface area (Å²) in [4.78, 5) is 6.26. The van der Waals surface area contributed by atoms with Crippen LogP contribution in [0.5, 0.6) is 0 Å². The van der Waals surface area contributed by atoms with Crippen LogP contribution in [0.4, 0.5) is 13.4 Å². The van der Waals surface area contributed by atoms with Gasteiger partial charge in [-0.25, -0.2) is 14.1 Å². The molecule has 0 bridgehead atoms. The van der Waals surface area contributed by atoms with E-state index >= 15 is 0 Å². The molecule has 0 saturated carbocycles. The second-order valence-electron chi connectivity index (χ2n) is 2.57. The molecule has 13 heavy (non-hydrogen) atoms. The molecule has 0 aliphatic rings. The van der Waals surface area contributed by atoms with Gasteiger partial charge >= 0.3 is 7.12 Å². The summed E-state index contributed by atoms with van der Waals surface area (Å²) in [5.74, 6) is -0.603. The van der Waals surface area contributed by atoms with Gasteiger partial charge in [0.1, 0.15) is 5.82 Å². The predicted molar refractivity (Wildman–Crippen MR) is 40.9 cm³/mol. The third-order valence-electron chi connectivity index (χ3n) is 1.50. The fourth-order valence-electron chi connectivity index (χ4n) is 1.02. The van der Waals surface area contributed by atoms with Gasteiger partial charge in [-0.15, -0.1) is 0 Å². The van der Waals surface area contributed by atoms with Crippen molar-refractivity contribution in [3.63, 3.8) is 0 Å². The Balaban J connectivity index is 2.99. The van der Waals surface area contributed by atoms with E-state index in [1.165, 1.54) is 12.1 Å². The van der Waals surface area contributed by atoms with Gasteiger partial charge in [-0.1, -0.05) is 15.1 Å². The Morgan fingerprint density at radius 3 is 2.23 bits per heavy atom. The van der Waals surface area contributed by atoms with Gasteiger partial charge in [0.25, 0.3) is 0 Å². The molecule has 0 amide bonds. The minimum absolute atomic E-state index is 0.0532. The Kier molecular flexibility index (Phi) is 3.33. The van der Waals surface area contributed by atoms with Crippen molar-refractivity contribution >= 4 is 12.6 Å². The minimum atomic E-state index is -1.82. The van der Waals surface area contributed by atoms with Crippen LogP contribution in [0.25, 0.3) is 0 Å². The van der Waals surface area contributed by atoms with Gasteiger partial charge in [-0.3, -0.25) is 0 Å². The molecule has 0 aliphatic heterocycles. The lowest BCUT2D eigenvalue weighted by molar-refractivity contribution is -0.100. The molecule has 70 valence electrons. The molecule has 0 aliphatic carbocycles. The van der Waals surface area contributed by atoms with Crippen molar-refractivity contribution in [3.05, 3.63) is 29.6 Å². The summed E-state index contributed by atoms with van der Waals surface area (Å²) in [6.07, 6.45) is 0. The number of hydrogen-bond acceptors (Lipinski definition) is 2. The largest absolute Gasteiger partial charge is 0.568 e. The van der Waals surface area contributed by atoms with E-state index in [0.717, 1.165) is 6.07 Å². The van der Waals surface area contributed by atoms with Gasteiger partial charge in [-0.2, -0.15) is 0 Å². The van der Waals surface area contributed by atoms with Crippen LogP contribution in [-0.2, 0) is 9.72 Å². The second-order valence-corrected chi connectivity index (χ2v) is 2.57. The molecule has 0 radical (unpaired) electrons. The van der Waals surface area contributed by atoms with E-state index in [9.17, 15) is 13.4 Å². The minimum Gasteiger partial charge on any atom is -0.214 e. The van der Waals surface area contributed by atoms with Crippen LogP contribution in [0.3, 0.4) is 0 Å². The Hall–Kier alpha value is -1.01. The molecule has 0 saturated heterocycles. The van der Waals surface area contributed by atoms with Crippen LogP contribution in [-0.4, -0.2) is 7.12 Å². The maximum absolute atomic E-state index is 12.7. The number of aryl methyl sites for hydroxylation is 1. The normalized spacial score (nSPS) is 10.2. The van der Waals surface area contributed by atoms with Gasteiger partial charge in [-0.05, 0) is 30.1 Å². The molecule has 0 atom stereocenters. The third-order valence-corrected chi connectivity index (χ3v) is 1.50. The lowest BCUT2D eigenvalue weighted by Crippen LogP contribution is -2.32. The zero-order valence-electron chi connectivity index (χ0n) is 6.76. The van der Waals surface area contributed by atoms with Crippen LogP contribution in [0.2, 0.25) is 0 Å². The highest BCUT2D eigenvalue weighted by Crippen LogP contribution is 2.02. The van der Waals surface area contributed by atoms with Crippen molar-refractivity contribution in [1.29, 1.82) is 0 Å². The molecule has 0 unspecified atom stereocenters. The molecular weight excluding hydrogens is 184 g/mol. The monoisotopic (exact) mass is 190 g/mol. The average molecular weight is 190 g/mol. The smallest absolute Gasteiger partial charge is 0.214 e. The van der Waals surface area contributed by atoms with Crippen LogP contribution in [0, 0.1) is 12.7 Å². The van der Waals surface area contributed by atoms with E-state index in [0.29, 0.717) is 5.56 Å². The summed E-state index contributed by atoms with van der Waals surface area (Å²) in [6.45, 7) is 1.58. The molecule has 6 heteroatoms. The van der Waals surface area contributed by atoms with E-state index < -0.39 is 12.9 Å².